The summed E-state index contributed by atoms with van der Waals surface area (Å²) >= 11 is 3.01. The summed E-state index contributed by atoms with van der Waals surface area (Å²) < 4.78 is 41.2. The molecule has 0 radical (unpaired) electrons. The Morgan fingerprint density at radius 1 is 1.10 bits per heavy atom. The molecule has 0 aliphatic heterocycles. The van der Waals surface area contributed by atoms with Crippen LogP contribution in [-0.4, -0.2) is 0 Å². The average molecular weight is 345 g/mol. The van der Waals surface area contributed by atoms with Crippen LogP contribution in [0, 0.1) is 17.5 Å². The number of hydrogen-bond donors (Lipinski definition) is 2. The fourth-order valence-corrected chi connectivity index (χ4v) is 2.43. The van der Waals surface area contributed by atoms with Gasteiger partial charge in [-0.15, -0.1) is 0 Å². The zero-order chi connectivity index (χ0) is 14.7. The number of rotatable bonds is 4. The summed E-state index contributed by atoms with van der Waals surface area (Å²) in [5, 5.41) is 0. The Hall–Kier alpha value is -1.37. The van der Waals surface area contributed by atoms with Gasteiger partial charge in [0.1, 0.15) is 17.5 Å². The van der Waals surface area contributed by atoms with Gasteiger partial charge in [-0.25, -0.2) is 13.2 Å². The van der Waals surface area contributed by atoms with E-state index in [0.29, 0.717) is 10.0 Å². The van der Waals surface area contributed by atoms with Crippen molar-refractivity contribution in [2.24, 2.45) is 5.84 Å². The van der Waals surface area contributed by atoms with Gasteiger partial charge in [-0.1, -0.05) is 28.1 Å². The number of hydrogen-bond acceptors (Lipinski definition) is 2. The smallest absolute Gasteiger partial charge is 0.132 e. The molecule has 0 saturated heterocycles. The highest BCUT2D eigenvalue weighted by Crippen LogP contribution is 2.27. The molecule has 106 valence electrons. The first kappa shape index (κ1) is 15.0. The predicted molar refractivity (Wildman–Crippen MR) is 74.2 cm³/mol. The van der Waals surface area contributed by atoms with E-state index < -0.39 is 23.5 Å². The summed E-state index contributed by atoms with van der Waals surface area (Å²) in [4.78, 5) is 0. The lowest BCUT2D eigenvalue weighted by molar-refractivity contribution is 0.471. The topological polar surface area (TPSA) is 38.0 Å². The van der Waals surface area contributed by atoms with Crippen LogP contribution in [0.1, 0.15) is 17.2 Å². The highest BCUT2D eigenvalue weighted by atomic mass is 79.9. The summed E-state index contributed by atoms with van der Waals surface area (Å²) in [7, 11) is 0. The lowest BCUT2D eigenvalue weighted by Gasteiger charge is -2.18. The van der Waals surface area contributed by atoms with Gasteiger partial charge in [-0.05, 0) is 36.2 Å². The van der Waals surface area contributed by atoms with E-state index in [4.69, 9.17) is 5.84 Å². The van der Waals surface area contributed by atoms with Crippen molar-refractivity contribution in [2.45, 2.75) is 12.5 Å². The lowest BCUT2D eigenvalue weighted by atomic mass is 9.98. The Bertz CT molecular complexity index is 596. The highest BCUT2D eigenvalue weighted by molar-refractivity contribution is 9.10. The van der Waals surface area contributed by atoms with E-state index in [2.05, 4.69) is 21.4 Å². The maximum absolute atomic E-state index is 13.9. The van der Waals surface area contributed by atoms with Gasteiger partial charge in [0.25, 0.3) is 0 Å². The summed E-state index contributed by atoms with van der Waals surface area (Å²) in [6, 6.07) is 7.34. The van der Waals surface area contributed by atoms with E-state index in [9.17, 15) is 13.2 Å². The SMILES string of the molecule is NNC(Cc1cccc(F)c1)c1c(F)cc(Br)cc1F. The van der Waals surface area contributed by atoms with Gasteiger partial charge in [0.15, 0.2) is 0 Å². The van der Waals surface area contributed by atoms with Crippen molar-refractivity contribution in [3.05, 3.63) is 69.4 Å². The summed E-state index contributed by atoms with van der Waals surface area (Å²) in [5.74, 6) is 3.55. The molecule has 0 amide bonds. The van der Waals surface area contributed by atoms with Gasteiger partial charge in [0.05, 0.1) is 6.04 Å². The minimum atomic E-state index is -0.787. The summed E-state index contributed by atoms with van der Waals surface area (Å²) in [6.45, 7) is 0. The number of benzene rings is 2. The van der Waals surface area contributed by atoms with Crippen LogP contribution >= 0.6 is 15.9 Å². The van der Waals surface area contributed by atoms with Gasteiger partial charge in [-0.2, -0.15) is 0 Å². The third-order valence-electron chi connectivity index (χ3n) is 2.92. The number of nitrogens with one attached hydrogen (secondary N) is 1. The highest BCUT2D eigenvalue weighted by Gasteiger charge is 2.20. The van der Waals surface area contributed by atoms with Gasteiger partial charge in [0.2, 0.25) is 0 Å². The van der Waals surface area contributed by atoms with Crippen LogP contribution < -0.4 is 11.3 Å². The molecule has 0 spiro atoms. The largest absolute Gasteiger partial charge is 0.271 e. The number of hydrazine groups is 1. The van der Waals surface area contributed by atoms with Crippen molar-refractivity contribution in [3.63, 3.8) is 0 Å². The number of halogens is 4. The lowest BCUT2D eigenvalue weighted by Crippen LogP contribution is -2.31. The van der Waals surface area contributed by atoms with E-state index in [1.165, 1.54) is 18.2 Å². The predicted octanol–water partition coefficient (Wildman–Crippen LogP) is 3.61. The molecule has 0 aliphatic carbocycles. The fraction of sp³-hybridized carbons (Fsp3) is 0.143. The van der Waals surface area contributed by atoms with Gasteiger partial charge < -0.3 is 0 Å². The Kier molecular flexibility index (Phi) is 4.80. The van der Waals surface area contributed by atoms with Crippen LogP contribution in [0.2, 0.25) is 0 Å². The summed E-state index contributed by atoms with van der Waals surface area (Å²) in [5.41, 5.74) is 2.80. The molecule has 3 N–H and O–H groups in total. The van der Waals surface area contributed by atoms with E-state index >= 15 is 0 Å². The normalized spacial score (nSPS) is 12.4. The molecule has 0 saturated carbocycles. The molecule has 0 aliphatic rings. The maximum atomic E-state index is 13.9. The third kappa shape index (κ3) is 3.39. The molecule has 0 aromatic heterocycles. The van der Waals surface area contributed by atoms with Crippen molar-refractivity contribution in [3.8, 4) is 0 Å². The van der Waals surface area contributed by atoms with Crippen molar-refractivity contribution >= 4 is 15.9 Å². The Balaban J connectivity index is 2.34. The van der Waals surface area contributed by atoms with Crippen LogP contribution in [0.3, 0.4) is 0 Å². The van der Waals surface area contributed by atoms with Gasteiger partial charge >= 0.3 is 0 Å². The molecule has 2 rings (SSSR count). The van der Waals surface area contributed by atoms with E-state index in [1.807, 2.05) is 0 Å². The van der Waals surface area contributed by atoms with Crippen molar-refractivity contribution < 1.29 is 13.2 Å². The van der Waals surface area contributed by atoms with Crippen LogP contribution in [0.5, 0.6) is 0 Å². The van der Waals surface area contributed by atoms with E-state index in [1.54, 1.807) is 6.07 Å². The number of nitrogens with two attached hydrogens (primary N) is 1. The minimum absolute atomic E-state index is 0.167. The second kappa shape index (κ2) is 6.39. The van der Waals surface area contributed by atoms with Crippen LogP contribution in [-0.2, 0) is 6.42 Å². The van der Waals surface area contributed by atoms with Crippen LogP contribution in [0.25, 0.3) is 0 Å². The van der Waals surface area contributed by atoms with Crippen LogP contribution in [0.15, 0.2) is 40.9 Å². The summed E-state index contributed by atoms with van der Waals surface area (Å²) in [6.07, 6.45) is 0.170. The second-order valence-corrected chi connectivity index (χ2v) is 5.25. The van der Waals surface area contributed by atoms with Crippen LogP contribution in [0.4, 0.5) is 13.2 Å². The van der Waals surface area contributed by atoms with E-state index in [-0.39, 0.29) is 12.0 Å². The molecule has 2 nitrogen and oxygen atoms in total. The second-order valence-electron chi connectivity index (χ2n) is 4.34. The standard InChI is InChI=1S/C14H12BrF3N2/c15-9-6-11(17)14(12(18)7-9)13(20-19)5-8-2-1-3-10(16)4-8/h1-4,6-7,13,20H,5,19H2. The first-order valence-corrected chi connectivity index (χ1v) is 6.65. The minimum Gasteiger partial charge on any atom is -0.271 e. The third-order valence-corrected chi connectivity index (χ3v) is 3.38. The molecule has 6 heteroatoms. The van der Waals surface area contributed by atoms with E-state index in [0.717, 1.165) is 12.1 Å². The zero-order valence-electron chi connectivity index (χ0n) is 10.3. The monoisotopic (exact) mass is 344 g/mol. The molecular formula is C14H12BrF3N2. The molecule has 2 aromatic carbocycles. The Morgan fingerprint density at radius 2 is 1.75 bits per heavy atom. The van der Waals surface area contributed by atoms with Gasteiger partial charge in [0, 0.05) is 10.0 Å². The molecule has 1 unspecified atom stereocenters. The first-order chi connectivity index (χ1) is 9.51. The van der Waals surface area contributed by atoms with Gasteiger partial charge in [-0.3, -0.25) is 11.3 Å². The van der Waals surface area contributed by atoms with Crippen molar-refractivity contribution in [1.82, 2.24) is 5.43 Å². The molecule has 2 aromatic rings. The molecule has 0 heterocycles. The van der Waals surface area contributed by atoms with Crippen molar-refractivity contribution in [1.29, 1.82) is 0 Å². The maximum Gasteiger partial charge on any atom is 0.132 e. The average Bonchev–Trinajstić information content (AvgIpc) is 2.36. The quantitative estimate of drug-likeness (QED) is 0.656. The fourth-order valence-electron chi connectivity index (χ4n) is 2.03. The molecule has 1 atom stereocenters. The molecular weight excluding hydrogens is 333 g/mol. The molecule has 20 heavy (non-hydrogen) atoms. The van der Waals surface area contributed by atoms with Crippen molar-refractivity contribution in [2.75, 3.05) is 0 Å². The first-order valence-electron chi connectivity index (χ1n) is 5.86. The zero-order valence-corrected chi connectivity index (χ0v) is 11.9. The Morgan fingerprint density at radius 3 is 2.30 bits per heavy atom. The Labute approximate surface area is 122 Å². The molecule has 0 bridgehead atoms. The molecule has 0 fully saturated rings.